The fourth-order valence-electron chi connectivity index (χ4n) is 2.17. The van der Waals surface area contributed by atoms with Crippen molar-refractivity contribution in [2.24, 2.45) is 5.73 Å². The van der Waals surface area contributed by atoms with E-state index in [9.17, 15) is 4.79 Å². The number of primary amides is 1. The number of thiophene rings is 1. The number of aryl methyl sites for hydroxylation is 1. The number of hydrogen-bond acceptors (Lipinski definition) is 8. The molecular weight excluding hydrogens is 360 g/mol. The van der Waals surface area contributed by atoms with Gasteiger partial charge in [-0.25, -0.2) is 0 Å². The van der Waals surface area contributed by atoms with Gasteiger partial charge in [0.05, 0.1) is 10.1 Å². The van der Waals surface area contributed by atoms with E-state index in [1.165, 1.54) is 11.8 Å². The Balaban J connectivity index is 1.85. The van der Waals surface area contributed by atoms with Gasteiger partial charge in [-0.15, -0.1) is 21.5 Å². The maximum Gasteiger partial charge on any atom is 0.239 e. The van der Waals surface area contributed by atoms with Crippen molar-refractivity contribution >= 4 is 29.0 Å². The van der Waals surface area contributed by atoms with E-state index in [0.29, 0.717) is 23.4 Å². The highest BCUT2D eigenvalue weighted by Crippen LogP contribution is 2.35. The van der Waals surface area contributed by atoms with Crippen molar-refractivity contribution in [2.45, 2.75) is 43.6 Å². The van der Waals surface area contributed by atoms with Crippen LogP contribution in [-0.4, -0.2) is 30.8 Å². The largest absolute Gasteiger partial charge is 0.370 e. The Kier molecular flexibility index (Phi) is 5.49. The van der Waals surface area contributed by atoms with E-state index in [1.807, 2.05) is 35.9 Å². The molecule has 3 heterocycles. The van der Waals surface area contributed by atoms with Crippen LogP contribution < -0.4 is 5.73 Å². The van der Waals surface area contributed by atoms with Crippen LogP contribution in [0.5, 0.6) is 0 Å². The number of carbonyl (C=O) groups excluding carboxylic acids is 1. The second-order valence-corrected chi connectivity index (χ2v) is 7.57. The van der Waals surface area contributed by atoms with Gasteiger partial charge in [0.25, 0.3) is 0 Å². The highest BCUT2D eigenvalue weighted by atomic mass is 32.2. The van der Waals surface area contributed by atoms with E-state index >= 15 is 0 Å². The first-order valence-corrected chi connectivity index (χ1v) is 9.59. The average Bonchev–Trinajstić information content (AvgIpc) is 3.32. The summed E-state index contributed by atoms with van der Waals surface area (Å²) >= 11 is 3.03. The highest BCUT2D eigenvalue weighted by Gasteiger charge is 2.21. The summed E-state index contributed by atoms with van der Waals surface area (Å²) in [6.45, 7) is 4.37. The van der Waals surface area contributed by atoms with Crippen molar-refractivity contribution in [3.8, 4) is 10.7 Å². The molecule has 0 aliphatic heterocycles. The van der Waals surface area contributed by atoms with Crippen LogP contribution in [-0.2, 0) is 17.8 Å². The van der Waals surface area contributed by atoms with Gasteiger partial charge < -0.3 is 14.8 Å². The van der Waals surface area contributed by atoms with Crippen molar-refractivity contribution in [3.63, 3.8) is 0 Å². The first-order chi connectivity index (χ1) is 12.1. The van der Waals surface area contributed by atoms with Crippen LogP contribution in [0.1, 0.15) is 37.2 Å². The van der Waals surface area contributed by atoms with Gasteiger partial charge in [0, 0.05) is 19.4 Å². The molecule has 10 heteroatoms. The minimum atomic E-state index is -0.362. The first kappa shape index (κ1) is 17.6. The summed E-state index contributed by atoms with van der Waals surface area (Å²) in [5.41, 5.74) is 5.31. The van der Waals surface area contributed by atoms with Crippen LogP contribution in [0.3, 0.4) is 0 Å². The summed E-state index contributed by atoms with van der Waals surface area (Å²) in [4.78, 5) is 16.6. The molecule has 0 saturated heterocycles. The number of hydrogen-bond donors (Lipinski definition) is 1. The molecule has 3 aromatic rings. The van der Waals surface area contributed by atoms with E-state index in [2.05, 4.69) is 20.3 Å². The lowest BCUT2D eigenvalue weighted by Crippen LogP contribution is -2.15. The van der Waals surface area contributed by atoms with Crippen molar-refractivity contribution < 1.29 is 9.32 Å². The van der Waals surface area contributed by atoms with Crippen molar-refractivity contribution in [3.05, 3.63) is 29.2 Å². The Morgan fingerprint density at radius 2 is 2.32 bits per heavy atom. The zero-order valence-corrected chi connectivity index (χ0v) is 15.5. The second-order valence-electron chi connectivity index (χ2n) is 5.31. The number of aromatic nitrogens is 5. The van der Waals surface area contributed by atoms with E-state index in [-0.39, 0.29) is 17.6 Å². The fraction of sp³-hybridized carbons (Fsp3) is 0.400. The Bertz CT molecular complexity index is 842. The Labute approximate surface area is 152 Å². The minimum Gasteiger partial charge on any atom is -0.370 e. The summed E-state index contributed by atoms with van der Waals surface area (Å²) in [5, 5.41) is 15.1. The van der Waals surface area contributed by atoms with Crippen molar-refractivity contribution in [1.82, 2.24) is 24.9 Å². The molecule has 0 aliphatic rings. The standard InChI is InChI=1S/C15H18N6O2S2/c1-3-12-17-14(23-20-12)9(2)25-15-19-18-13(10-5-4-8-24-10)21(15)7-6-11(16)22/h4-5,8-9H,3,6-7H2,1-2H3,(H2,16,22). The van der Waals surface area contributed by atoms with Crippen LogP contribution in [0, 0.1) is 0 Å². The molecule has 0 fully saturated rings. The number of nitrogens with two attached hydrogens (primary N) is 1. The normalized spacial score (nSPS) is 12.4. The molecule has 0 bridgehead atoms. The zero-order chi connectivity index (χ0) is 17.8. The van der Waals surface area contributed by atoms with Crippen LogP contribution in [0.2, 0.25) is 0 Å². The molecule has 1 amide bonds. The molecule has 0 spiro atoms. The Morgan fingerprint density at radius 1 is 1.48 bits per heavy atom. The Hall–Kier alpha value is -2.20. The van der Waals surface area contributed by atoms with E-state index in [4.69, 9.17) is 10.3 Å². The number of amides is 1. The van der Waals surface area contributed by atoms with Gasteiger partial charge in [-0.3, -0.25) is 4.79 Å². The molecular formula is C15H18N6O2S2. The highest BCUT2D eigenvalue weighted by molar-refractivity contribution is 7.99. The number of carbonyl (C=O) groups is 1. The van der Waals surface area contributed by atoms with Gasteiger partial charge in [0.15, 0.2) is 16.8 Å². The summed E-state index contributed by atoms with van der Waals surface area (Å²) in [6, 6.07) is 3.92. The molecule has 2 N–H and O–H groups in total. The van der Waals surface area contributed by atoms with Gasteiger partial charge >= 0.3 is 0 Å². The first-order valence-electron chi connectivity index (χ1n) is 7.83. The topological polar surface area (TPSA) is 113 Å². The molecule has 0 aliphatic carbocycles. The van der Waals surface area contributed by atoms with Crippen LogP contribution in [0.25, 0.3) is 10.7 Å². The predicted octanol–water partition coefficient (Wildman–Crippen LogP) is 2.68. The smallest absolute Gasteiger partial charge is 0.239 e. The summed E-state index contributed by atoms with van der Waals surface area (Å²) in [7, 11) is 0. The fourth-order valence-corrected chi connectivity index (χ4v) is 3.80. The molecule has 0 aromatic carbocycles. The SMILES string of the molecule is CCc1noc(C(C)Sc2nnc(-c3cccs3)n2CCC(N)=O)n1. The van der Waals surface area contributed by atoms with Crippen LogP contribution >= 0.6 is 23.1 Å². The second kappa shape index (κ2) is 7.79. The summed E-state index contributed by atoms with van der Waals surface area (Å²) in [6.07, 6.45) is 0.942. The lowest BCUT2D eigenvalue weighted by atomic mass is 10.4. The van der Waals surface area contributed by atoms with Crippen molar-refractivity contribution in [2.75, 3.05) is 0 Å². The Morgan fingerprint density at radius 3 is 2.96 bits per heavy atom. The molecule has 1 atom stereocenters. The third-order valence-electron chi connectivity index (χ3n) is 3.47. The minimum absolute atomic E-state index is 0.0829. The molecule has 132 valence electrons. The van der Waals surface area contributed by atoms with E-state index in [1.54, 1.807) is 11.3 Å². The quantitative estimate of drug-likeness (QED) is 0.600. The van der Waals surface area contributed by atoms with Gasteiger partial charge in [-0.2, -0.15) is 4.98 Å². The maximum atomic E-state index is 11.2. The third-order valence-corrected chi connectivity index (χ3v) is 5.40. The monoisotopic (exact) mass is 378 g/mol. The molecule has 1 unspecified atom stereocenters. The average molecular weight is 378 g/mol. The van der Waals surface area contributed by atoms with E-state index < -0.39 is 0 Å². The third kappa shape index (κ3) is 4.07. The molecule has 0 radical (unpaired) electrons. The summed E-state index contributed by atoms with van der Waals surface area (Å²) in [5.74, 6) is 1.59. The predicted molar refractivity (Wildman–Crippen MR) is 95.1 cm³/mol. The number of rotatable bonds is 8. The van der Waals surface area contributed by atoms with E-state index in [0.717, 1.165) is 17.1 Å². The maximum absolute atomic E-state index is 11.2. The number of thioether (sulfide) groups is 1. The van der Waals surface area contributed by atoms with Gasteiger partial charge in [0.2, 0.25) is 11.8 Å². The lowest BCUT2D eigenvalue weighted by Gasteiger charge is -2.10. The van der Waals surface area contributed by atoms with Gasteiger partial charge in [0.1, 0.15) is 0 Å². The van der Waals surface area contributed by atoms with Gasteiger partial charge in [-0.05, 0) is 18.4 Å². The zero-order valence-electron chi connectivity index (χ0n) is 13.9. The molecule has 0 saturated carbocycles. The molecule has 8 nitrogen and oxygen atoms in total. The molecule has 3 rings (SSSR count). The van der Waals surface area contributed by atoms with Gasteiger partial charge in [-0.1, -0.05) is 29.9 Å². The summed E-state index contributed by atoms with van der Waals surface area (Å²) < 4.78 is 7.21. The molecule has 3 aromatic heterocycles. The molecule has 25 heavy (non-hydrogen) atoms. The van der Waals surface area contributed by atoms with Crippen LogP contribution in [0.4, 0.5) is 0 Å². The number of nitrogens with zero attached hydrogens (tertiary/aromatic N) is 5. The lowest BCUT2D eigenvalue weighted by molar-refractivity contribution is -0.118. The van der Waals surface area contributed by atoms with Crippen LogP contribution in [0.15, 0.2) is 27.2 Å². The van der Waals surface area contributed by atoms with Crippen molar-refractivity contribution in [1.29, 1.82) is 0 Å².